The smallest absolute Gasteiger partial charge is 0.278 e. The molecule has 0 saturated heterocycles. The van der Waals surface area contributed by atoms with E-state index in [2.05, 4.69) is 182 Å². The molecule has 0 heterocycles. The first kappa shape index (κ1) is 140. The van der Waals surface area contributed by atoms with Gasteiger partial charge in [0, 0.05) is 23.7 Å². The molecule has 10 rings (SSSR count). The lowest BCUT2D eigenvalue weighted by Crippen LogP contribution is -2.50. The number of nitrogens with two attached hydrogens (primary N) is 7. The number of rotatable bonds is 16. The normalized spacial score (nSPS) is 11.2. The van der Waals surface area contributed by atoms with Gasteiger partial charge in [-0.2, -0.15) is 0 Å². The van der Waals surface area contributed by atoms with Gasteiger partial charge in [-0.1, -0.05) is 340 Å². The van der Waals surface area contributed by atoms with E-state index >= 15 is 0 Å². The van der Waals surface area contributed by atoms with Crippen molar-refractivity contribution in [1.29, 1.82) is 0 Å². The first-order chi connectivity index (χ1) is 66.3. The fourth-order valence-electron chi connectivity index (χ4n) is 9.05. The maximum atomic E-state index is 11.6. The van der Waals surface area contributed by atoms with Crippen molar-refractivity contribution < 1.29 is 114 Å². The summed E-state index contributed by atoms with van der Waals surface area (Å²) >= 11 is 5.54. The van der Waals surface area contributed by atoms with Crippen LogP contribution >= 0.6 is 11.6 Å². The molecule has 0 aliphatic carbocycles. The van der Waals surface area contributed by atoms with E-state index in [0.717, 1.165) is 22.4 Å². The number of hydroxylamine groups is 2. The predicted octanol–water partition coefficient (Wildman–Crippen LogP) is 19.4. The number of aliphatic hydroxyl groups excluding tert-OH is 1. The van der Waals surface area contributed by atoms with Gasteiger partial charge in [0.1, 0.15) is 57.2 Å². The SMILES string of the molecule is CC(C)(C)C.CC(C)(C)C.CC(C)(C)C.CC(C)(C)C.CC(C)(C)C.CC(C)(C)C.CC(C)(C)C(C)(O)C(N)=O.CNC(=O)c1ccc(C(=O)NO)c(O)c1.CONC(=O)c1cc(C(C)C)ccc1O.COc1ccc(C(N)=O)c(O)c1.NC(=O)C(O)(c1ccccc1)c1ccccc1.NC(=O)C(O)c1ccccc1.NC(=O)c1c(O)cccc1O.NC(=O)c1cc(Cl)ccc1O.NC(=O)c1cc2ccccc2cc1O. The van der Waals surface area contributed by atoms with Crippen LogP contribution in [0.4, 0.5) is 0 Å². The van der Waals surface area contributed by atoms with Gasteiger partial charge in [-0.15, -0.1) is 0 Å². The van der Waals surface area contributed by atoms with E-state index in [4.69, 9.17) is 82.1 Å². The highest BCUT2D eigenvalue weighted by atomic mass is 35.5. The molecule has 0 saturated carbocycles. The molecule has 146 heavy (non-hydrogen) atoms. The lowest BCUT2D eigenvalue weighted by molar-refractivity contribution is -0.145. The number of benzene rings is 10. The monoisotopic (exact) mass is 2050 g/mol. The van der Waals surface area contributed by atoms with Crippen molar-refractivity contribution in [3.05, 3.63) is 285 Å². The van der Waals surface area contributed by atoms with E-state index in [0.29, 0.717) is 65.9 Å². The largest absolute Gasteiger partial charge is 0.507 e. The molecular weight excluding hydrogens is 1890 g/mol. The van der Waals surface area contributed by atoms with Gasteiger partial charge in [0.15, 0.2) is 11.7 Å². The van der Waals surface area contributed by atoms with Crippen LogP contribution in [0, 0.1) is 37.9 Å². The summed E-state index contributed by atoms with van der Waals surface area (Å²) in [5, 5.41) is 107. The van der Waals surface area contributed by atoms with Crippen molar-refractivity contribution in [3.63, 3.8) is 0 Å². The third-order valence-corrected chi connectivity index (χ3v) is 16.4. The summed E-state index contributed by atoms with van der Waals surface area (Å²) in [4.78, 5) is 113. The predicted molar refractivity (Wildman–Crippen MR) is 580 cm³/mol. The second-order valence-electron chi connectivity index (χ2n) is 43.4. The minimum absolute atomic E-state index is 0.0394. The Morgan fingerprint density at radius 3 is 1.01 bits per heavy atom. The van der Waals surface area contributed by atoms with Gasteiger partial charge in [-0.05, 0) is 169 Å². The average molecular weight is 2060 g/mol. The lowest BCUT2D eigenvalue weighted by atomic mass is 9.77. The maximum absolute atomic E-state index is 11.6. The van der Waals surface area contributed by atoms with Gasteiger partial charge in [0.2, 0.25) is 5.91 Å². The number of primary amides is 7. The highest BCUT2D eigenvalue weighted by Crippen LogP contribution is 2.33. The zero-order valence-electron chi connectivity index (χ0n) is 91.2. The number of halogens is 1. The maximum Gasteiger partial charge on any atom is 0.278 e. The van der Waals surface area contributed by atoms with Crippen molar-refractivity contribution in [2.24, 2.45) is 78.0 Å². The zero-order chi connectivity index (χ0) is 115. The summed E-state index contributed by atoms with van der Waals surface area (Å²) in [6, 6.07) is 57.6. The molecule has 2 atom stereocenters. The molecule has 0 radical (unpaired) electrons. The number of phenolic OH excluding ortho intramolecular Hbond substituents is 2. The number of nitrogens with one attached hydrogen (secondary N) is 3. The van der Waals surface area contributed by atoms with Crippen LogP contribution in [0.15, 0.2) is 218 Å². The number of hydrogen-bond donors (Lipinski definition) is 21. The number of ether oxygens (including phenoxy) is 1. The molecule has 2 unspecified atom stereocenters. The number of methoxy groups -OCH3 is 1. The number of carbonyl (C=O) groups is 10. The van der Waals surface area contributed by atoms with Crippen LogP contribution in [0.5, 0.6) is 46.0 Å². The summed E-state index contributed by atoms with van der Waals surface area (Å²) in [5.74, 6) is -7.29. The van der Waals surface area contributed by atoms with Crippen LogP contribution in [0.1, 0.15) is 314 Å². The van der Waals surface area contributed by atoms with Crippen molar-refractivity contribution in [2.75, 3.05) is 21.3 Å². The quantitative estimate of drug-likeness (QED) is 0.0315. The van der Waals surface area contributed by atoms with Gasteiger partial charge in [0.05, 0.1) is 42.0 Å². The number of hydrogen-bond acceptors (Lipinski definition) is 23. The molecule has 0 bridgehead atoms. The van der Waals surface area contributed by atoms with Gasteiger partial charge in [-0.3, -0.25) is 58.0 Å². The second kappa shape index (κ2) is 65.8. The van der Waals surface area contributed by atoms with Gasteiger partial charge in [0.25, 0.3) is 53.2 Å². The molecular formula is C112H165ClN10O23. The third kappa shape index (κ3) is 65.8. The summed E-state index contributed by atoms with van der Waals surface area (Å²) in [5.41, 5.74) is 40.8. The van der Waals surface area contributed by atoms with Crippen molar-refractivity contribution in [2.45, 2.75) is 231 Å². The highest BCUT2D eigenvalue weighted by Gasteiger charge is 2.41. The Morgan fingerprint density at radius 1 is 0.342 bits per heavy atom. The highest BCUT2D eigenvalue weighted by molar-refractivity contribution is 6.31. The molecule has 28 N–H and O–H groups in total. The first-order valence-electron chi connectivity index (χ1n) is 45.9. The van der Waals surface area contributed by atoms with Crippen molar-refractivity contribution in [1.82, 2.24) is 16.3 Å². The molecule has 808 valence electrons. The molecule has 34 heteroatoms. The standard InChI is InChI=1S/C14H13NO2.C11H15NO3.C11H9NO2.C9H10N2O4.C8H9NO3.C8H9NO2.C7H6ClNO2.C7H7NO3.C7H15NO2.6C5H12/c15-13(16)14(17,11-7-3-1-4-8-11)12-9-5-2-6-10-12;1-7(2)8-4-5-10(13)9(6-8)11(14)12-15-3;12-11(14)9-5-7-3-1-2-4-8(7)6-10(9)13;1-10-8(13)5-2-3-6(7(12)4-5)9(14)11-15;1-12-5-2-3-6(8(9)11)7(10)4-5;9-8(11)7(10)6-4-2-1-3-5-6;8-4-1-2-6(10)5(3-4)7(9)11;8-7(11)6-4(9)2-1-3-5(6)10;1-6(2,3)7(4,10)5(8)9;6*1-5(2,3)4/h1-10,17H,(H2,15,16);4-7,13H,1-3H3,(H,12,14);1-6,13H,(H2,12,14);2-4,12,15H,1H3,(H,10,13)(H,11,14);2-4,10H,1H3,(H2,9,11);1-5,7,10H,(H2,9,11);1-3,10H,(H2,9,11);1-3,9-10H,(H2,8,11);10H,1-4H3,(H2,8,9);6*1-4H3. The summed E-state index contributed by atoms with van der Waals surface area (Å²) in [6.45, 7) is 63.2. The molecule has 0 aromatic heterocycles. The van der Waals surface area contributed by atoms with Crippen LogP contribution < -0.4 is 61.1 Å². The van der Waals surface area contributed by atoms with E-state index < -0.39 is 75.9 Å². The third-order valence-electron chi connectivity index (χ3n) is 16.1. The number of fused-ring (bicyclic) bond motifs is 1. The van der Waals surface area contributed by atoms with Gasteiger partial charge < -0.3 is 101 Å². The van der Waals surface area contributed by atoms with Crippen LogP contribution in [-0.4, -0.2) is 142 Å². The zero-order valence-corrected chi connectivity index (χ0v) is 91.9. The minimum atomic E-state index is -1.78. The summed E-state index contributed by atoms with van der Waals surface area (Å²) in [7, 11) is 4.27. The van der Waals surface area contributed by atoms with Gasteiger partial charge >= 0.3 is 0 Å². The Labute approximate surface area is 867 Å². The van der Waals surface area contributed by atoms with Crippen LogP contribution in [0.25, 0.3) is 10.8 Å². The lowest BCUT2D eigenvalue weighted by Gasteiger charge is -2.33. The van der Waals surface area contributed by atoms with E-state index in [-0.39, 0.29) is 85.1 Å². The Hall–Kier alpha value is -14.4. The molecule has 33 nitrogen and oxygen atoms in total. The van der Waals surface area contributed by atoms with E-state index in [1.54, 1.807) is 124 Å². The molecule has 0 spiro atoms. The Bertz CT molecular complexity index is 5490. The van der Waals surface area contributed by atoms with Crippen LogP contribution in [-0.2, 0) is 24.8 Å². The molecule has 0 aliphatic heterocycles. The summed E-state index contributed by atoms with van der Waals surface area (Å²) < 4.78 is 4.82. The number of phenols is 7. The fourth-order valence-corrected chi connectivity index (χ4v) is 9.22. The van der Waals surface area contributed by atoms with E-state index in [1.807, 2.05) is 50.2 Å². The fraction of sp³-hybridized carbons (Fsp3) is 0.393. The van der Waals surface area contributed by atoms with Gasteiger partial charge in [-0.25, -0.2) is 11.0 Å². The summed E-state index contributed by atoms with van der Waals surface area (Å²) in [6.07, 6.45) is -1.18. The number of amides is 10. The topological polar surface area (TPSA) is 630 Å². The average Bonchev–Trinajstić information content (AvgIpc) is 0.779. The number of aliphatic hydroxyl groups is 3. The Balaban J connectivity index is -0.000000495. The van der Waals surface area contributed by atoms with Crippen molar-refractivity contribution >= 4 is 81.4 Å². The molecule has 0 aliphatic rings. The first-order valence-corrected chi connectivity index (χ1v) is 46.3. The molecule has 10 aromatic rings. The van der Waals surface area contributed by atoms with Crippen LogP contribution in [0.2, 0.25) is 5.02 Å². The van der Waals surface area contributed by atoms with Crippen LogP contribution in [0.3, 0.4) is 0 Å². The molecule has 10 amide bonds. The van der Waals surface area contributed by atoms with E-state index in [1.165, 1.54) is 106 Å². The molecule has 10 aromatic carbocycles. The minimum Gasteiger partial charge on any atom is -0.507 e. The van der Waals surface area contributed by atoms with Crippen molar-refractivity contribution in [3.8, 4) is 46.0 Å². The Morgan fingerprint density at radius 2 is 0.699 bits per heavy atom. The second-order valence-corrected chi connectivity index (χ2v) is 43.9. The number of aromatic hydroxyl groups is 7. The Kier molecular flexibility index (Phi) is 63.2. The van der Waals surface area contributed by atoms with E-state index in [9.17, 15) is 78.6 Å². The number of carbonyl (C=O) groups excluding carboxylic acids is 10. The molecule has 0 fully saturated rings.